The molecule has 0 nitrogen and oxygen atoms in total. The maximum atomic E-state index is 11.8. The number of halogens is 3. The molecule has 0 aliphatic heterocycles. The van der Waals surface area contributed by atoms with Crippen molar-refractivity contribution in [2.24, 2.45) is 0 Å². The summed E-state index contributed by atoms with van der Waals surface area (Å²) in [7, 11) is 0. The highest BCUT2D eigenvalue weighted by atomic mass is 19.4. The van der Waals surface area contributed by atoms with E-state index in [4.69, 9.17) is 0 Å². The van der Waals surface area contributed by atoms with Gasteiger partial charge in [0.2, 0.25) is 0 Å². The molecule has 0 saturated heterocycles. The molecule has 1 aromatic rings. The van der Waals surface area contributed by atoms with Crippen LogP contribution in [0.3, 0.4) is 0 Å². The summed E-state index contributed by atoms with van der Waals surface area (Å²) in [6.45, 7) is 0. The Labute approximate surface area is 56.3 Å². The number of rotatable bonds is 0. The molecule has 0 aliphatic rings. The van der Waals surface area contributed by atoms with Crippen LogP contribution in [0, 0.1) is 6.07 Å². The van der Waals surface area contributed by atoms with Gasteiger partial charge in [-0.05, 0) is 0 Å². The van der Waals surface area contributed by atoms with Crippen LogP contribution in [0.5, 0.6) is 0 Å². The zero-order chi connectivity index (χ0) is 7.61. The van der Waals surface area contributed by atoms with Gasteiger partial charge in [0.25, 0.3) is 0 Å². The first-order chi connectivity index (χ1) is 4.61. The molecule has 0 saturated carbocycles. The van der Waals surface area contributed by atoms with Crippen molar-refractivity contribution in [2.75, 3.05) is 0 Å². The molecule has 54 valence electrons. The Balaban J connectivity index is 2.97. The van der Waals surface area contributed by atoms with Crippen LogP contribution < -0.4 is 0 Å². The minimum atomic E-state index is -4.26. The van der Waals surface area contributed by atoms with Crippen LogP contribution in [-0.2, 0) is 6.18 Å². The average Bonchev–Trinajstić information content (AvgIpc) is 1.88. The van der Waals surface area contributed by atoms with Gasteiger partial charge in [0, 0.05) is 0 Å². The van der Waals surface area contributed by atoms with Crippen LogP contribution >= 0.6 is 0 Å². The van der Waals surface area contributed by atoms with Crippen LogP contribution in [-0.4, -0.2) is 0 Å². The lowest BCUT2D eigenvalue weighted by Crippen LogP contribution is -2.03. The fourth-order valence-electron chi connectivity index (χ4n) is 0.570. The Morgan fingerprint density at radius 1 is 1.20 bits per heavy atom. The molecule has 0 atom stereocenters. The summed E-state index contributed by atoms with van der Waals surface area (Å²) in [5, 5.41) is 0. The van der Waals surface area contributed by atoms with Gasteiger partial charge in [-0.2, -0.15) is 43.5 Å². The van der Waals surface area contributed by atoms with E-state index < -0.39 is 11.7 Å². The van der Waals surface area contributed by atoms with Crippen molar-refractivity contribution < 1.29 is 13.2 Å². The first kappa shape index (κ1) is 7.12. The Bertz CT molecular complexity index is 200. The SMILES string of the molecule is FC(F)(F)c1[c-]cccc1. The average molecular weight is 145 g/mol. The van der Waals surface area contributed by atoms with Gasteiger partial charge < -0.3 is 0 Å². The fourth-order valence-corrected chi connectivity index (χ4v) is 0.570. The van der Waals surface area contributed by atoms with E-state index in [1.165, 1.54) is 18.2 Å². The maximum absolute atomic E-state index is 11.8. The topological polar surface area (TPSA) is 0 Å². The highest BCUT2D eigenvalue weighted by molar-refractivity contribution is 5.15. The zero-order valence-corrected chi connectivity index (χ0v) is 4.94. The maximum Gasteiger partial charge on any atom is 0.394 e. The van der Waals surface area contributed by atoms with Crippen LogP contribution in [0.15, 0.2) is 24.3 Å². The van der Waals surface area contributed by atoms with Crippen molar-refractivity contribution in [2.45, 2.75) is 6.18 Å². The smallest absolute Gasteiger partial charge is 0.176 e. The third kappa shape index (κ3) is 1.50. The van der Waals surface area contributed by atoms with Crippen molar-refractivity contribution in [3.05, 3.63) is 35.9 Å². The second-order valence-corrected chi connectivity index (χ2v) is 1.77. The van der Waals surface area contributed by atoms with E-state index in [9.17, 15) is 13.2 Å². The van der Waals surface area contributed by atoms with Gasteiger partial charge in [-0.3, -0.25) is 0 Å². The van der Waals surface area contributed by atoms with Crippen molar-refractivity contribution >= 4 is 0 Å². The fraction of sp³-hybridized carbons (Fsp3) is 0.143. The molecule has 0 aliphatic carbocycles. The van der Waals surface area contributed by atoms with Crippen LogP contribution in [0.2, 0.25) is 0 Å². The third-order valence-corrected chi connectivity index (χ3v) is 1.01. The highest BCUT2D eigenvalue weighted by Crippen LogP contribution is 2.27. The number of hydrogen-bond donors (Lipinski definition) is 0. The van der Waals surface area contributed by atoms with Gasteiger partial charge in [-0.25, -0.2) is 0 Å². The van der Waals surface area contributed by atoms with Crippen LogP contribution in [0.25, 0.3) is 0 Å². The standard InChI is InChI=1S/C7H4F3/c8-7(9,10)6-4-2-1-3-5-6/h1-4H/q-1. The van der Waals surface area contributed by atoms with Crippen LogP contribution in [0.1, 0.15) is 5.56 Å². The van der Waals surface area contributed by atoms with Crippen molar-refractivity contribution in [3.8, 4) is 0 Å². The molecular weight excluding hydrogens is 141 g/mol. The summed E-state index contributed by atoms with van der Waals surface area (Å²) >= 11 is 0. The largest absolute Gasteiger partial charge is 0.394 e. The second kappa shape index (κ2) is 2.33. The predicted molar refractivity (Wildman–Crippen MR) is 30.3 cm³/mol. The van der Waals surface area contributed by atoms with Gasteiger partial charge in [-0.15, -0.1) is 0 Å². The Kier molecular flexibility index (Phi) is 1.66. The van der Waals surface area contributed by atoms with E-state index in [1.807, 2.05) is 0 Å². The summed E-state index contributed by atoms with van der Waals surface area (Å²) < 4.78 is 35.3. The Morgan fingerprint density at radius 3 is 2.20 bits per heavy atom. The molecule has 3 heteroatoms. The molecule has 10 heavy (non-hydrogen) atoms. The summed E-state index contributed by atoms with van der Waals surface area (Å²) in [6.07, 6.45) is -4.26. The second-order valence-electron chi connectivity index (χ2n) is 1.77. The summed E-state index contributed by atoms with van der Waals surface area (Å²) in [5.74, 6) is 0. The first-order valence-corrected chi connectivity index (χ1v) is 2.64. The van der Waals surface area contributed by atoms with E-state index >= 15 is 0 Å². The highest BCUT2D eigenvalue weighted by Gasteiger charge is 2.25. The molecule has 1 aromatic carbocycles. The molecule has 0 unspecified atom stereocenters. The van der Waals surface area contributed by atoms with E-state index in [0.29, 0.717) is 0 Å². The van der Waals surface area contributed by atoms with Gasteiger partial charge in [-0.1, -0.05) is 5.56 Å². The van der Waals surface area contributed by atoms with Gasteiger partial charge in [0.15, 0.2) is 0 Å². The van der Waals surface area contributed by atoms with E-state index in [0.717, 1.165) is 6.07 Å². The van der Waals surface area contributed by atoms with E-state index in [2.05, 4.69) is 6.07 Å². The summed E-state index contributed by atoms with van der Waals surface area (Å²) in [5.41, 5.74) is -0.727. The van der Waals surface area contributed by atoms with E-state index in [-0.39, 0.29) is 0 Å². The normalized spacial score (nSPS) is 11.5. The zero-order valence-electron chi connectivity index (χ0n) is 4.94. The molecule has 1 rings (SSSR count). The lowest BCUT2D eigenvalue weighted by Gasteiger charge is -2.09. The molecule has 0 amide bonds. The Morgan fingerprint density at radius 2 is 1.90 bits per heavy atom. The molecule has 0 radical (unpaired) electrons. The number of hydrogen-bond acceptors (Lipinski definition) is 0. The predicted octanol–water partition coefficient (Wildman–Crippen LogP) is 2.51. The molecular formula is C7H4F3-. The number of benzene rings is 1. The van der Waals surface area contributed by atoms with Crippen LogP contribution in [0.4, 0.5) is 13.2 Å². The molecule has 0 N–H and O–H groups in total. The summed E-state index contributed by atoms with van der Waals surface area (Å²) in [4.78, 5) is 0. The molecule has 0 bridgehead atoms. The molecule has 0 fully saturated rings. The van der Waals surface area contributed by atoms with E-state index in [1.54, 1.807) is 0 Å². The quantitative estimate of drug-likeness (QED) is 0.492. The third-order valence-electron chi connectivity index (χ3n) is 1.01. The van der Waals surface area contributed by atoms with Crippen molar-refractivity contribution in [1.82, 2.24) is 0 Å². The van der Waals surface area contributed by atoms with Gasteiger partial charge in [0.1, 0.15) is 0 Å². The molecule has 0 spiro atoms. The minimum Gasteiger partial charge on any atom is -0.176 e. The molecule has 0 heterocycles. The Hall–Kier alpha value is -0.990. The van der Waals surface area contributed by atoms with Crippen molar-refractivity contribution in [3.63, 3.8) is 0 Å². The monoisotopic (exact) mass is 145 g/mol. The first-order valence-electron chi connectivity index (χ1n) is 2.64. The summed E-state index contributed by atoms with van der Waals surface area (Å²) in [6, 6.07) is 7.14. The van der Waals surface area contributed by atoms with Gasteiger partial charge in [0.05, 0.1) is 0 Å². The minimum absolute atomic E-state index is 0.727. The lowest BCUT2D eigenvalue weighted by molar-refractivity contribution is -0.137. The van der Waals surface area contributed by atoms with Crippen molar-refractivity contribution in [1.29, 1.82) is 0 Å². The van der Waals surface area contributed by atoms with Gasteiger partial charge >= 0.3 is 6.18 Å². The number of alkyl halides is 3. The lowest BCUT2D eigenvalue weighted by atomic mass is 10.2. The molecule has 0 aromatic heterocycles.